The van der Waals surface area contributed by atoms with Crippen LogP contribution in [-0.4, -0.2) is 31.2 Å². The third-order valence-corrected chi connectivity index (χ3v) is 3.17. The van der Waals surface area contributed by atoms with E-state index in [1.807, 2.05) is 12.1 Å². The normalized spacial score (nSPS) is 15.6. The number of ether oxygens (including phenoxy) is 3. The molecule has 0 spiro atoms. The minimum absolute atomic E-state index is 0.0517. The summed E-state index contributed by atoms with van der Waals surface area (Å²) in [4.78, 5) is 23.7. The summed E-state index contributed by atoms with van der Waals surface area (Å²) in [6.45, 7) is -0.328. The molecule has 1 aliphatic heterocycles. The summed E-state index contributed by atoms with van der Waals surface area (Å²) in [5.74, 6) is 0.0113. The van der Waals surface area contributed by atoms with Crippen molar-refractivity contribution in [3.63, 3.8) is 0 Å². The molecule has 1 amide bonds. The van der Waals surface area contributed by atoms with Gasteiger partial charge in [-0.25, -0.2) is 4.79 Å². The van der Waals surface area contributed by atoms with Crippen LogP contribution in [0.3, 0.4) is 0 Å². The Morgan fingerprint density at radius 3 is 2.52 bits per heavy atom. The third kappa shape index (κ3) is 3.79. The lowest BCUT2D eigenvalue weighted by Gasteiger charge is -2.24. The first-order valence-corrected chi connectivity index (χ1v) is 7.12. The van der Waals surface area contributed by atoms with Gasteiger partial charge in [0, 0.05) is 5.69 Å². The van der Waals surface area contributed by atoms with Crippen LogP contribution in [0.15, 0.2) is 54.6 Å². The number of benzene rings is 2. The highest BCUT2D eigenvalue weighted by Crippen LogP contribution is 2.31. The zero-order valence-electron chi connectivity index (χ0n) is 12.2. The fourth-order valence-corrected chi connectivity index (χ4v) is 2.08. The molecule has 0 unspecified atom stereocenters. The Labute approximate surface area is 133 Å². The van der Waals surface area contributed by atoms with Crippen LogP contribution in [-0.2, 0) is 14.3 Å². The molecule has 6 nitrogen and oxygen atoms in total. The van der Waals surface area contributed by atoms with Crippen LogP contribution in [0.4, 0.5) is 5.69 Å². The standard InChI is InChI=1S/C17H15NO5/c19-16(18-12-6-2-1-3-7-12)11-22-17(20)15-10-21-13-8-4-5-9-14(13)23-15/h1-9,15H,10-11H2,(H,18,19)/t15-/m0/s1. The molecule has 0 aromatic heterocycles. The Hall–Kier alpha value is -3.02. The van der Waals surface area contributed by atoms with Crippen molar-refractivity contribution < 1.29 is 23.8 Å². The summed E-state index contributed by atoms with van der Waals surface area (Å²) in [7, 11) is 0. The highest BCUT2D eigenvalue weighted by atomic mass is 16.6. The summed E-state index contributed by atoms with van der Waals surface area (Å²) in [5, 5.41) is 2.63. The van der Waals surface area contributed by atoms with E-state index in [4.69, 9.17) is 14.2 Å². The van der Waals surface area contributed by atoms with Crippen LogP contribution in [0.25, 0.3) is 0 Å². The average Bonchev–Trinajstić information content (AvgIpc) is 2.60. The number of rotatable bonds is 4. The number of esters is 1. The molecule has 0 saturated carbocycles. The van der Waals surface area contributed by atoms with Gasteiger partial charge in [-0.15, -0.1) is 0 Å². The van der Waals surface area contributed by atoms with Crippen LogP contribution in [0.2, 0.25) is 0 Å². The van der Waals surface area contributed by atoms with Gasteiger partial charge in [0.25, 0.3) is 5.91 Å². The molecule has 118 valence electrons. The Balaban J connectivity index is 1.49. The fourth-order valence-electron chi connectivity index (χ4n) is 2.08. The molecule has 1 N–H and O–H groups in total. The Kier molecular flexibility index (Phi) is 4.42. The van der Waals surface area contributed by atoms with Crippen LogP contribution in [0, 0.1) is 0 Å². The first-order chi connectivity index (χ1) is 11.2. The quantitative estimate of drug-likeness (QED) is 0.874. The number of amides is 1. The topological polar surface area (TPSA) is 73.9 Å². The van der Waals surface area contributed by atoms with E-state index in [1.54, 1.807) is 42.5 Å². The minimum atomic E-state index is -0.880. The van der Waals surface area contributed by atoms with E-state index in [1.165, 1.54) is 0 Å². The van der Waals surface area contributed by atoms with Crippen LogP contribution < -0.4 is 14.8 Å². The van der Waals surface area contributed by atoms with Crippen LogP contribution in [0.5, 0.6) is 11.5 Å². The molecule has 0 radical (unpaired) electrons. The SMILES string of the molecule is O=C(COC(=O)[C@@H]1COc2ccccc2O1)Nc1ccccc1. The third-order valence-electron chi connectivity index (χ3n) is 3.17. The van der Waals surface area contributed by atoms with Crippen molar-refractivity contribution in [2.45, 2.75) is 6.10 Å². The van der Waals surface area contributed by atoms with Crippen molar-refractivity contribution in [2.75, 3.05) is 18.5 Å². The summed E-state index contributed by atoms with van der Waals surface area (Å²) in [6, 6.07) is 16.0. The summed E-state index contributed by atoms with van der Waals surface area (Å²) >= 11 is 0. The fraction of sp³-hybridized carbons (Fsp3) is 0.176. The van der Waals surface area contributed by atoms with Gasteiger partial charge in [0.15, 0.2) is 18.1 Å². The molecular weight excluding hydrogens is 298 g/mol. The number of hydrogen-bond acceptors (Lipinski definition) is 5. The first kappa shape index (κ1) is 14.9. The second-order valence-electron chi connectivity index (χ2n) is 4.89. The summed E-state index contributed by atoms with van der Waals surface area (Å²) in [6.07, 6.45) is -0.880. The molecule has 1 aliphatic rings. The number of para-hydroxylation sites is 3. The molecule has 1 heterocycles. The second-order valence-corrected chi connectivity index (χ2v) is 4.89. The van der Waals surface area contributed by atoms with E-state index in [2.05, 4.69) is 5.32 Å². The van der Waals surface area contributed by atoms with Gasteiger partial charge in [-0.1, -0.05) is 30.3 Å². The second kappa shape index (κ2) is 6.83. The van der Waals surface area contributed by atoms with Crippen molar-refractivity contribution >= 4 is 17.6 Å². The van der Waals surface area contributed by atoms with Gasteiger partial charge < -0.3 is 19.5 Å². The van der Waals surface area contributed by atoms with E-state index in [9.17, 15) is 9.59 Å². The maximum Gasteiger partial charge on any atom is 0.351 e. The number of nitrogens with one attached hydrogen (secondary N) is 1. The van der Waals surface area contributed by atoms with E-state index < -0.39 is 18.0 Å². The van der Waals surface area contributed by atoms with Gasteiger partial charge in [0.2, 0.25) is 6.10 Å². The molecule has 2 aromatic rings. The number of fused-ring (bicyclic) bond motifs is 1. The molecule has 0 fully saturated rings. The molecule has 2 aromatic carbocycles. The van der Waals surface area contributed by atoms with Crippen molar-refractivity contribution in [1.29, 1.82) is 0 Å². The maximum absolute atomic E-state index is 12.0. The maximum atomic E-state index is 12.0. The highest BCUT2D eigenvalue weighted by Gasteiger charge is 2.29. The molecule has 0 bridgehead atoms. The summed E-state index contributed by atoms with van der Waals surface area (Å²) in [5.41, 5.74) is 0.639. The zero-order valence-corrected chi connectivity index (χ0v) is 12.2. The number of anilines is 1. The average molecular weight is 313 g/mol. The number of carbonyl (C=O) groups excluding carboxylic acids is 2. The van der Waals surface area contributed by atoms with Crippen LogP contribution in [0.1, 0.15) is 0 Å². The van der Waals surface area contributed by atoms with Crippen molar-refractivity contribution in [3.8, 4) is 11.5 Å². The molecule has 23 heavy (non-hydrogen) atoms. The predicted octanol–water partition coefficient (Wildman–Crippen LogP) is 2.01. The monoisotopic (exact) mass is 313 g/mol. The highest BCUT2D eigenvalue weighted by molar-refractivity contribution is 5.93. The smallest absolute Gasteiger partial charge is 0.351 e. The molecule has 1 atom stereocenters. The van der Waals surface area contributed by atoms with Crippen molar-refractivity contribution in [1.82, 2.24) is 0 Å². The minimum Gasteiger partial charge on any atom is -0.485 e. The molecule has 3 rings (SSSR count). The Morgan fingerprint density at radius 2 is 1.74 bits per heavy atom. The van der Waals surface area contributed by atoms with Crippen LogP contribution >= 0.6 is 0 Å². The van der Waals surface area contributed by atoms with Crippen molar-refractivity contribution in [2.24, 2.45) is 0 Å². The Morgan fingerprint density at radius 1 is 1.04 bits per heavy atom. The molecule has 6 heteroatoms. The van der Waals surface area contributed by atoms with E-state index in [-0.39, 0.29) is 13.2 Å². The van der Waals surface area contributed by atoms with Gasteiger partial charge in [-0.2, -0.15) is 0 Å². The van der Waals surface area contributed by atoms with Gasteiger partial charge in [-0.3, -0.25) is 4.79 Å². The summed E-state index contributed by atoms with van der Waals surface area (Å²) < 4.78 is 15.9. The molecule has 0 aliphatic carbocycles. The number of hydrogen-bond donors (Lipinski definition) is 1. The zero-order chi connectivity index (χ0) is 16.1. The number of carbonyl (C=O) groups is 2. The van der Waals surface area contributed by atoms with E-state index in [0.29, 0.717) is 17.2 Å². The lowest BCUT2D eigenvalue weighted by atomic mass is 10.2. The van der Waals surface area contributed by atoms with E-state index >= 15 is 0 Å². The van der Waals surface area contributed by atoms with E-state index in [0.717, 1.165) is 0 Å². The molecular formula is C17H15NO5. The molecule has 0 saturated heterocycles. The van der Waals surface area contributed by atoms with Gasteiger partial charge in [0.1, 0.15) is 6.61 Å². The van der Waals surface area contributed by atoms with Gasteiger partial charge in [0.05, 0.1) is 0 Å². The van der Waals surface area contributed by atoms with Gasteiger partial charge >= 0.3 is 5.97 Å². The lowest BCUT2D eigenvalue weighted by molar-refractivity contribution is -0.156. The largest absolute Gasteiger partial charge is 0.485 e. The lowest BCUT2D eigenvalue weighted by Crippen LogP contribution is -2.39. The van der Waals surface area contributed by atoms with Gasteiger partial charge in [-0.05, 0) is 24.3 Å². The van der Waals surface area contributed by atoms with Crippen molar-refractivity contribution in [3.05, 3.63) is 54.6 Å². The Bertz CT molecular complexity index is 701. The predicted molar refractivity (Wildman–Crippen MR) is 82.4 cm³/mol. The first-order valence-electron chi connectivity index (χ1n) is 7.12.